The molecule has 2 rings (SSSR count). The van der Waals surface area contributed by atoms with Crippen LogP contribution in [0.15, 0.2) is 18.2 Å². The Morgan fingerprint density at radius 3 is 2.33 bits per heavy atom. The molecule has 1 atom stereocenters. The SMILES string of the molecule is CC.CC(C)C1(C)C(=O)N(C)c2c(Cl)cccc21. The summed E-state index contributed by atoms with van der Waals surface area (Å²) in [5, 5.41) is 0.651. The average Bonchev–Trinajstić information content (AvgIpc) is 2.56. The number of para-hydroxylation sites is 1. The molecular formula is C15H22ClNO. The zero-order valence-corrected chi connectivity index (χ0v) is 12.8. The minimum Gasteiger partial charge on any atom is -0.313 e. The number of halogens is 1. The molecule has 0 aliphatic carbocycles. The number of carbonyl (C=O) groups excluding carboxylic acids is 1. The highest BCUT2D eigenvalue weighted by Crippen LogP contribution is 2.48. The number of rotatable bonds is 1. The lowest BCUT2D eigenvalue weighted by Gasteiger charge is -2.27. The quantitative estimate of drug-likeness (QED) is 0.745. The topological polar surface area (TPSA) is 20.3 Å². The van der Waals surface area contributed by atoms with Crippen LogP contribution in [-0.4, -0.2) is 13.0 Å². The number of nitrogens with zero attached hydrogens (tertiary/aromatic N) is 1. The summed E-state index contributed by atoms with van der Waals surface area (Å²) in [6, 6.07) is 5.74. The van der Waals surface area contributed by atoms with Crippen LogP contribution in [0.2, 0.25) is 5.02 Å². The van der Waals surface area contributed by atoms with Crippen molar-refractivity contribution in [2.75, 3.05) is 11.9 Å². The summed E-state index contributed by atoms with van der Waals surface area (Å²) in [5.41, 5.74) is 1.46. The molecule has 0 saturated carbocycles. The highest BCUT2D eigenvalue weighted by molar-refractivity contribution is 6.35. The van der Waals surface area contributed by atoms with Gasteiger partial charge in [-0.3, -0.25) is 4.79 Å². The van der Waals surface area contributed by atoms with Gasteiger partial charge in [-0.1, -0.05) is 51.4 Å². The molecule has 18 heavy (non-hydrogen) atoms. The van der Waals surface area contributed by atoms with E-state index in [9.17, 15) is 4.79 Å². The first-order valence-corrected chi connectivity index (χ1v) is 6.85. The Hall–Kier alpha value is -1.02. The zero-order valence-electron chi connectivity index (χ0n) is 12.0. The fourth-order valence-electron chi connectivity index (χ4n) is 2.40. The first-order valence-electron chi connectivity index (χ1n) is 6.47. The van der Waals surface area contributed by atoms with Crippen LogP contribution >= 0.6 is 11.6 Å². The second-order valence-electron chi connectivity index (χ2n) is 4.86. The Morgan fingerprint density at radius 2 is 1.83 bits per heavy atom. The largest absolute Gasteiger partial charge is 0.313 e. The lowest BCUT2D eigenvalue weighted by molar-refractivity contribution is -0.123. The second kappa shape index (κ2) is 5.31. The minimum atomic E-state index is -0.449. The van der Waals surface area contributed by atoms with E-state index in [4.69, 9.17) is 11.6 Å². The number of likely N-dealkylation sites (N-methyl/N-ethyl adjacent to an activating group) is 1. The van der Waals surface area contributed by atoms with Crippen LogP contribution in [0.4, 0.5) is 5.69 Å². The van der Waals surface area contributed by atoms with Crippen LogP contribution in [0, 0.1) is 5.92 Å². The van der Waals surface area contributed by atoms with Crippen LogP contribution in [0.25, 0.3) is 0 Å². The molecule has 0 bridgehead atoms. The highest BCUT2D eigenvalue weighted by Gasteiger charge is 2.48. The van der Waals surface area contributed by atoms with E-state index in [1.807, 2.05) is 39.0 Å². The minimum absolute atomic E-state index is 0.130. The molecule has 1 aliphatic rings. The summed E-state index contributed by atoms with van der Waals surface area (Å²) in [6.45, 7) is 10.1. The molecule has 0 aromatic heterocycles. The van der Waals surface area contributed by atoms with Crippen molar-refractivity contribution in [3.05, 3.63) is 28.8 Å². The Labute approximate surface area is 115 Å². The van der Waals surface area contributed by atoms with Gasteiger partial charge in [-0.2, -0.15) is 0 Å². The lowest BCUT2D eigenvalue weighted by Crippen LogP contribution is -2.40. The maximum absolute atomic E-state index is 12.3. The Bertz CT molecular complexity index is 456. The smallest absolute Gasteiger partial charge is 0.237 e. The van der Waals surface area contributed by atoms with Crippen molar-refractivity contribution >= 4 is 23.2 Å². The van der Waals surface area contributed by atoms with Crippen LogP contribution in [0.1, 0.15) is 40.2 Å². The number of fused-ring (bicyclic) bond motifs is 1. The molecule has 1 aromatic carbocycles. The zero-order chi connectivity index (χ0) is 14.1. The molecule has 0 spiro atoms. The summed E-state index contributed by atoms with van der Waals surface area (Å²) in [7, 11) is 1.79. The van der Waals surface area contributed by atoms with Gasteiger partial charge in [0.2, 0.25) is 5.91 Å². The molecule has 1 heterocycles. The van der Waals surface area contributed by atoms with Crippen molar-refractivity contribution in [2.45, 2.75) is 40.0 Å². The third kappa shape index (κ3) is 1.93. The van der Waals surface area contributed by atoms with Crippen LogP contribution < -0.4 is 4.90 Å². The number of hydrogen-bond donors (Lipinski definition) is 0. The second-order valence-corrected chi connectivity index (χ2v) is 5.26. The summed E-state index contributed by atoms with van der Waals surface area (Å²) in [6.07, 6.45) is 0. The fraction of sp³-hybridized carbons (Fsp3) is 0.533. The van der Waals surface area contributed by atoms with Gasteiger partial charge in [-0.25, -0.2) is 0 Å². The van der Waals surface area contributed by atoms with Gasteiger partial charge in [0.05, 0.1) is 16.1 Å². The van der Waals surface area contributed by atoms with E-state index in [0.717, 1.165) is 11.3 Å². The van der Waals surface area contributed by atoms with E-state index in [2.05, 4.69) is 13.8 Å². The number of hydrogen-bond acceptors (Lipinski definition) is 1. The highest BCUT2D eigenvalue weighted by atomic mass is 35.5. The monoisotopic (exact) mass is 267 g/mol. The van der Waals surface area contributed by atoms with Crippen LogP contribution in [-0.2, 0) is 10.2 Å². The van der Waals surface area contributed by atoms with Crippen molar-refractivity contribution < 1.29 is 4.79 Å². The Balaban J connectivity index is 0.000000771. The van der Waals surface area contributed by atoms with E-state index in [-0.39, 0.29) is 11.8 Å². The van der Waals surface area contributed by atoms with Crippen LogP contribution in [0.5, 0.6) is 0 Å². The molecule has 2 nitrogen and oxygen atoms in total. The van der Waals surface area contributed by atoms with Gasteiger partial charge < -0.3 is 4.90 Å². The van der Waals surface area contributed by atoms with Gasteiger partial charge in [0.1, 0.15) is 0 Å². The Morgan fingerprint density at radius 1 is 1.28 bits per heavy atom. The third-order valence-electron chi connectivity index (χ3n) is 3.79. The molecule has 0 fully saturated rings. The van der Waals surface area contributed by atoms with Crippen molar-refractivity contribution in [1.29, 1.82) is 0 Å². The van der Waals surface area contributed by atoms with E-state index in [1.54, 1.807) is 11.9 Å². The van der Waals surface area contributed by atoms with Crippen molar-refractivity contribution in [3.8, 4) is 0 Å². The molecule has 1 aliphatic heterocycles. The molecule has 0 radical (unpaired) electrons. The predicted octanol–water partition coefficient (Wildman–Crippen LogP) is 4.26. The molecule has 100 valence electrons. The first-order chi connectivity index (χ1) is 8.40. The van der Waals surface area contributed by atoms with Crippen molar-refractivity contribution in [2.24, 2.45) is 5.92 Å². The third-order valence-corrected chi connectivity index (χ3v) is 4.09. The van der Waals surface area contributed by atoms with Gasteiger partial charge in [0.15, 0.2) is 0 Å². The Kier molecular flexibility index (Phi) is 4.44. The molecule has 1 aromatic rings. The number of amides is 1. The maximum Gasteiger partial charge on any atom is 0.237 e. The number of carbonyl (C=O) groups is 1. The molecule has 3 heteroatoms. The van der Waals surface area contributed by atoms with Gasteiger partial charge in [0, 0.05) is 7.05 Å². The fourth-order valence-corrected chi connectivity index (χ4v) is 2.70. The molecule has 0 N–H and O–H groups in total. The van der Waals surface area contributed by atoms with E-state index >= 15 is 0 Å². The summed E-state index contributed by atoms with van der Waals surface area (Å²) >= 11 is 6.17. The van der Waals surface area contributed by atoms with Crippen LogP contribution in [0.3, 0.4) is 0 Å². The number of anilines is 1. The van der Waals surface area contributed by atoms with Crippen molar-refractivity contribution in [3.63, 3.8) is 0 Å². The van der Waals surface area contributed by atoms with Gasteiger partial charge >= 0.3 is 0 Å². The average molecular weight is 268 g/mol. The normalized spacial score (nSPS) is 21.8. The van der Waals surface area contributed by atoms with Gasteiger partial charge in [0.25, 0.3) is 0 Å². The molecule has 1 amide bonds. The molecular weight excluding hydrogens is 246 g/mol. The molecule has 1 unspecified atom stereocenters. The predicted molar refractivity (Wildman–Crippen MR) is 78.4 cm³/mol. The van der Waals surface area contributed by atoms with Gasteiger partial charge in [-0.15, -0.1) is 0 Å². The lowest BCUT2D eigenvalue weighted by atomic mass is 9.74. The first kappa shape index (κ1) is 15.0. The number of benzene rings is 1. The van der Waals surface area contributed by atoms with E-state index in [0.29, 0.717) is 5.02 Å². The summed E-state index contributed by atoms with van der Waals surface area (Å²) < 4.78 is 0. The van der Waals surface area contributed by atoms with E-state index < -0.39 is 5.41 Å². The summed E-state index contributed by atoms with van der Waals surface area (Å²) in [4.78, 5) is 14.0. The molecule has 0 saturated heterocycles. The van der Waals surface area contributed by atoms with Crippen molar-refractivity contribution in [1.82, 2.24) is 0 Å². The maximum atomic E-state index is 12.3. The van der Waals surface area contributed by atoms with Gasteiger partial charge in [-0.05, 0) is 24.5 Å². The van der Waals surface area contributed by atoms with E-state index in [1.165, 1.54) is 0 Å². The summed E-state index contributed by atoms with van der Waals surface area (Å²) in [5.74, 6) is 0.382. The standard InChI is InChI=1S/C13H16ClNO.C2H6/c1-8(2)13(3)9-6-5-7-10(14)11(9)15(4)12(13)16;1-2/h5-8H,1-4H3;1-2H3.